The van der Waals surface area contributed by atoms with Gasteiger partial charge in [0.25, 0.3) is 0 Å². The molecule has 0 unspecified atom stereocenters. The minimum Gasteiger partial charge on any atom is -0.309 e. The van der Waals surface area contributed by atoms with E-state index in [9.17, 15) is 0 Å². The van der Waals surface area contributed by atoms with Gasteiger partial charge in [0.15, 0.2) is 0 Å². The van der Waals surface area contributed by atoms with Crippen LogP contribution in [-0.4, -0.2) is 19.1 Å². The lowest BCUT2D eigenvalue weighted by molar-refractivity contribution is 1.02. The van der Waals surface area contributed by atoms with Crippen molar-refractivity contribution in [1.82, 2.24) is 19.1 Å². The standard InChI is InChI=1S/C56H34N4S/c1-4-14-35(15-5-1)47-34-61-55-53(37-17-6-2-7-18-37)57-56(58-54(47)55)60-48-28-26-40(31-45(48)46-30-38-19-10-11-20-39(38)32-51(46)60)41-24-27-44-50(33-41)59(42-21-8-3-9-22-42)49-29-25-36-16-12-13-23-43(36)52(44)49/h1-34H. The molecular weight excluding hydrogens is 761 g/mol. The van der Waals surface area contributed by atoms with E-state index in [1.807, 2.05) is 0 Å². The summed E-state index contributed by atoms with van der Waals surface area (Å²) in [6, 6.07) is 72.2. The van der Waals surface area contributed by atoms with Gasteiger partial charge in [-0.1, -0.05) is 152 Å². The molecule has 0 saturated carbocycles. The third kappa shape index (κ3) is 5.24. The zero-order valence-corrected chi connectivity index (χ0v) is 33.6. The van der Waals surface area contributed by atoms with Gasteiger partial charge in [-0.2, -0.15) is 0 Å². The van der Waals surface area contributed by atoms with Gasteiger partial charge in [0, 0.05) is 43.7 Å². The molecule has 0 N–H and O–H groups in total. The molecule has 13 aromatic rings. The second kappa shape index (κ2) is 13.3. The molecule has 4 aromatic heterocycles. The quantitative estimate of drug-likeness (QED) is 0.174. The molecule has 284 valence electrons. The van der Waals surface area contributed by atoms with Crippen LogP contribution in [0.2, 0.25) is 0 Å². The Morgan fingerprint density at radius 3 is 1.80 bits per heavy atom. The molecular formula is C56H34N4S. The van der Waals surface area contributed by atoms with Crippen molar-refractivity contribution in [1.29, 1.82) is 0 Å². The van der Waals surface area contributed by atoms with E-state index in [-0.39, 0.29) is 0 Å². The van der Waals surface area contributed by atoms with Gasteiger partial charge in [0.1, 0.15) is 0 Å². The highest BCUT2D eigenvalue weighted by atomic mass is 32.1. The minimum absolute atomic E-state index is 0.658. The summed E-state index contributed by atoms with van der Waals surface area (Å²) in [5.41, 5.74) is 13.2. The summed E-state index contributed by atoms with van der Waals surface area (Å²) in [5, 5.41) is 12.0. The number of thiophene rings is 1. The molecule has 61 heavy (non-hydrogen) atoms. The highest BCUT2D eigenvalue weighted by Gasteiger charge is 2.22. The van der Waals surface area contributed by atoms with Crippen LogP contribution in [0.15, 0.2) is 206 Å². The highest BCUT2D eigenvalue weighted by molar-refractivity contribution is 7.18. The van der Waals surface area contributed by atoms with Gasteiger partial charge >= 0.3 is 0 Å². The maximum Gasteiger partial charge on any atom is 0.235 e. The fourth-order valence-electron chi connectivity index (χ4n) is 9.54. The molecule has 9 aromatic carbocycles. The molecule has 0 bridgehead atoms. The van der Waals surface area contributed by atoms with Gasteiger partial charge in [0.05, 0.1) is 38.0 Å². The van der Waals surface area contributed by atoms with E-state index in [2.05, 4.69) is 215 Å². The third-order valence-corrected chi connectivity index (χ3v) is 13.3. The number of hydrogen-bond donors (Lipinski definition) is 0. The van der Waals surface area contributed by atoms with Crippen molar-refractivity contribution in [2.45, 2.75) is 0 Å². The van der Waals surface area contributed by atoms with Crippen LogP contribution in [0.25, 0.3) is 121 Å². The normalized spacial score (nSPS) is 11.9. The SMILES string of the molecule is c1ccc(-c2csc3c(-c4ccccc4)nc(-n4c5ccc(-c6ccc7c8c9ccccc9ccc8n(-c8ccccc8)c7c6)cc5c5cc6ccccc6cc54)nc23)cc1. The predicted molar refractivity (Wildman–Crippen MR) is 257 cm³/mol. The molecule has 13 rings (SSSR count). The van der Waals surface area contributed by atoms with Crippen LogP contribution in [0, 0.1) is 0 Å². The number of benzene rings is 9. The summed E-state index contributed by atoms with van der Waals surface area (Å²) in [4.78, 5) is 10.9. The third-order valence-electron chi connectivity index (χ3n) is 12.4. The first kappa shape index (κ1) is 34.0. The lowest BCUT2D eigenvalue weighted by Gasteiger charge is -2.11. The Balaban J connectivity index is 1.07. The van der Waals surface area contributed by atoms with Gasteiger partial charge in [-0.05, 0) is 86.8 Å². The Bertz CT molecular complexity index is 3860. The molecule has 0 spiro atoms. The summed E-state index contributed by atoms with van der Waals surface area (Å²) in [7, 11) is 0. The van der Waals surface area contributed by atoms with E-state index in [0.717, 1.165) is 65.8 Å². The molecule has 0 aliphatic heterocycles. The van der Waals surface area contributed by atoms with Crippen LogP contribution >= 0.6 is 11.3 Å². The Kier molecular flexibility index (Phi) is 7.44. The maximum absolute atomic E-state index is 5.48. The topological polar surface area (TPSA) is 35.6 Å². The average Bonchev–Trinajstić information content (AvgIpc) is 4.01. The number of rotatable bonds is 5. The van der Waals surface area contributed by atoms with Crippen LogP contribution in [0.4, 0.5) is 0 Å². The molecule has 4 nitrogen and oxygen atoms in total. The number of hydrogen-bond acceptors (Lipinski definition) is 3. The summed E-state index contributed by atoms with van der Waals surface area (Å²) in [6.07, 6.45) is 0. The number of nitrogens with zero attached hydrogens (tertiary/aromatic N) is 4. The van der Waals surface area contributed by atoms with Crippen molar-refractivity contribution in [2.24, 2.45) is 0 Å². The molecule has 5 heteroatoms. The summed E-state index contributed by atoms with van der Waals surface area (Å²) < 4.78 is 5.78. The van der Waals surface area contributed by atoms with Crippen molar-refractivity contribution in [3.63, 3.8) is 0 Å². The van der Waals surface area contributed by atoms with E-state index in [1.54, 1.807) is 11.3 Å². The summed E-state index contributed by atoms with van der Waals surface area (Å²) in [6.45, 7) is 0. The zero-order valence-electron chi connectivity index (χ0n) is 32.8. The number of fused-ring (bicyclic) bond motifs is 10. The second-order valence-electron chi connectivity index (χ2n) is 15.8. The fourth-order valence-corrected chi connectivity index (χ4v) is 10.6. The first-order chi connectivity index (χ1) is 30.2. The van der Waals surface area contributed by atoms with E-state index in [1.165, 1.54) is 48.7 Å². The fraction of sp³-hybridized carbons (Fsp3) is 0. The lowest BCUT2D eigenvalue weighted by atomic mass is 9.99. The van der Waals surface area contributed by atoms with Gasteiger partial charge in [-0.15, -0.1) is 11.3 Å². The van der Waals surface area contributed by atoms with Crippen molar-refractivity contribution < 1.29 is 0 Å². The Morgan fingerprint density at radius 2 is 1.00 bits per heavy atom. The first-order valence-corrected chi connectivity index (χ1v) is 21.5. The Hall–Kier alpha value is -7.86. The molecule has 0 amide bonds. The molecule has 0 fully saturated rings. The van der Waals surface area contributed by atoms with Crippen molar-refractivity contribution in [2.75, 3.05) is 0 Å². The lowest BCUT2D eigenvalue weighted by Crippen LogP contribution is -2.03. The molecule has 4 heterocycles. The molecule has 0 radical (unpaired) electrons. The van der Waals surface area contributed by atoms with Crippen LogP contribution in [0.1, 0.15) is 0 Å². The molecule has 0 aliphatic rings. The van der Waals surface area contributed by atoms with Gasteiger partial charge < -0.3 is 4.57 Å². The minimum atomic E-state index is 0.658. The molecule has 0 aliphatic carbocycles. The molecule has 0 saturated heterocycles. The Labute approximate surface area is 354 Å². The average molecular weight is 795 g/mol. The van der Waals surface area contributed by atoms with Gasteiger partial charge in [-0.3, -0.25) is 4.57 Å². The first-order valence-electron chi connectivity index (χ1n) is 20.6. The van der Waals surface area contributed by atoms with Crippen LogP contribution < -0.4 is 0 Å². The van der Waals surface area contributed by atoms with Crippen molar-refractivity contribution in [3.05, 3.63) is 206 Å². The maximum atomic E-state index is 5.48. The monoisotopic (exact) mass is 794 g/mol. The van der Waals surface area contributed by atoms with E-state index < -0.39 is 0 Å². The summed E-state index contributed by atoms with van der Waals surface area (Å²) in [5.74, 6) is 0.658. The zero-order chi connectivity index (χ0) is 40.0. The van der Waals surface area contributed by atoms with E-state index in [0.29, 0.717) is 5.95 Å². The summed E-state index contributed by atoms with van der Waals surface area (Å²) >= 11 is 1.71. The van der Waals surface area contributed by atoms with Crippen LogP contribution in [0.5, 0.6) is 0 Å². The highest BCUT2D eigenvalue weighted by Crippen LogP contribution is 2.43. The van der Waals surface area contributed by atoms with Gasteiger partial charge in [0.2, 0.25) is 5.95 Å². The number of para-hydroxylation sites is 1. The van der Waals surface area contributed by atoms with Crippen LogP contribution in [-0.2, 0) is 0 Å². The van der Waals surface area contributed by atoms with Crippen LogP contribution in [0.3, 0.4) is 0 Å². The van der Waals surface area contributed by atoms with Gasteiger partial charge in [-0.25, -0.2) is 9.97 Å². The van der Waals surface area contributed by atoms with Crippen molar-refractivity contribution in [3.8, 4) is 45.1 Å². The largest absolute Gasteiger partial charge is 0.309 e. The smallest absolute Gasteiger partial charge is 0.235 e. The van der Waals surface area contributed by atoms with E-state index in [4.69, 9.17) is 9.97 Å². The Morgan fingerprint density at radius 1 is 0.377 bits per heavy atom. The predicted octanol–water partition coefficient (Wildman–Crippen LogP) is 15.2. The number of aromatic nitrogens is 4. The second-order valence-corrected chi connectivity index (χ2v) is 16.7. The van der Waals surface area contributed by atoms with Crippen molar-refractivity contribution >= 4 is 86.7 Å². The molecule has 0 atom stereocenters. The van der Waals surface area contributed by atoms with E-state index >= 15 is 0 Å².